The summed E-state index contributed by atoms with van der Waals surface area (Å²) in [7, 11) is 0. The summed E-state index contributed by atoms with van der Waals surface area (Å²) in [5, 5.41) is 0. The highest BCUT2D eigenvalue weighted by atomic mass is 16.2. The maximum absolute atomic E-state index is 11.7. The highest BCUT2D eigenvalue weighted by Crippen LogP contribution is 2.18. The number of fused-ring (bicyclic) bond motifs is 2. The monoisotopic (exact) mass is 254 g/mol. The number of aromatic amines is 2. The van der Waals surface area contributed by atoms with Crippen LogP contribution in [0.4, 0.5) is 0 Å². The van der Waals surface area contributed by atoms with Gasteiger partial charge in [-0.3, -0.25) is 14.8 Å². The summed E-state index contributed by atoms with van der Waals surface area (Å²) in [6, 6.07) is 3.66. The lowest BCUT2D eigenvalue weighted by Crippen LogP contribution is -2.23. The van der Waals surface area contributed by atoms with E-state index in [1.54, 1.807) is 6.08 Å². The third kappa shape index (κ3) is 1.74. The zero-order chi connectivity index (χ0) is 13.6. The van der Waals surface area contributed by atoms with Crippen LogP contribution in [0.3, 0.4) is 0 Å². The number of aromatic nitrogens is 4. The highest BCUT2D eigenvalue weighted by Gasteiger charge is 2.08. The van der Waals surface area contributed by atoms with E-state index in [-0.39, 0.29) is 11.2 Å². The van der Waals surface area contributed by atoms with Crippen molar-refractivity contribution in [1.29, 1.82) is 0 Å². The summed E-state index contributed by atoms with van der Waals surface area (Å²) < 4.78 is 0. The smallest absolute Gasteiger partial charge is 0.290 e. The Morgan fingerprint density at radius 3 is 2.63 bits per heavy atom. The summed E-state index contributed by atoms with van der Waals surface area (Å²) in [6.45, 7) is 5.66. The lowest BCUT2D eigenvalue weighted by atomic mass is 10.1. The van der Waals surface area contributed by atoms with Crippen LogP contribution in [-0.4, -0.2) is 19.9 Å². The summed E-state index contributed by atoms with van der Waals surface area (Å²) in [5.74, 6) is 0. The van der Waals surface area contributed by atoms with Crippen molar-refractivity contribution >= 4 is 28.3 Å². The number of nitrogens with zero attached hydrogens (tertiary/aromatic N) is 2. The maximum atomic E-state index is 11.7. The van der Waals surface area contributed by atoms with E-state index >= 15 is 0 Å². The molecule has 1 aromatic carbocycles. The van der Waals surface area contributed by atoms with Crippen molar-refractivity contribution in [1.82, 2.24) is 19.9 Å². The van der Waals surface area contributed by atoms with Gasteiger partial charge in [-0.15, -0.1) is 0 Å². The molecular weight excluding hydrogens is 244 g/mol. The second kappa shape index (κ2) is 3.88. The van der Waals surface area contributed by atoms with Crippen molar-refractivity contribution in [3.8, 4) is 0 Å². The first kappa shape index (κ1) is 11.3. The van der Waals surface area contributed by atoms with Crippen molar-refractivity contribution in [3.05, 3.63) is 50.7 Å². The molecular formula is C13H10N4O2. The minimum absolute atomic E-state index is 0.123. The molecule has 0 amide bonds. The van der Waals surface area contributed by atoms with Crippen LogP contribution >= 0.6 is 0 Å². The normalized spacial score (nSPS) is 11.0. The van der Waals surface area contributed by atoms with Crippen molar-refractivity contribution < 1.29 is 0 Å². The summed E-state index contributed by atoms with van der Waals surface area (Å²) >= 11 is 0. The number of nitrogens with one attached hydrogen (secondary N) is 2. The fraction of sp³-hybridized carbons (Fsp3) is 0.0769. The van der Waals surface area contributed by atoms with Gasteiger partial charge in [0.1, 0.15) is 0 Å². The molecule has 0 bridgehead atoms. The molecule has 0 atom stereocenters. The van der Waals surface area contributed by atoms with E-state index in [0.717, 1.165) is 11.1 Å². The van der Waals surface area contributed by atoms with Crippen LogP contribution in [0, 0.1) is 6.92 Å². The molecule has 3 aromatic rings. The Hall–Kier alpha value is -2.76. The number of benzene rings is 1. The van der Waals surface area contributed by atoms with E-state index in [9.17, 15) is 9.59 Å². The quantitative estimate of drug-likeness (QED) is 0.636. The standard InChI is InChI=1S/C13H10N4O2/c1-3-7-5-9-8(4-6(7)2)14-10-11(15-9)16-13(19)17-12(10)18/h3-5H,1H2,2H3,(H2,15,16,17,18,19). The topological polar surface area (TPSA) is 91.5 Å². The fourth-order valence-electron chi connectivity index (χ4n) is 1.99. The molecule has 3 rings (SSSR count). The number of aryl methyl sites for hydroxylation is 1. The van der Waals surface area contributed by atoms with E-state index in [1.807, 2.05) is 19.1 Å². The molecule has 0 unspecified atom stereocenters. The zero-order valence-corrected chi connectivity index (χ0v) is 10.2. The predicted octanol–water partition coefficient (Wildman–Crippen LogP) is 1.11. The Labute approximate surface area is 106 Å². The first-order chi connectivity index (χ1) is 9.08. The lowest BCUT2D eigenvalue weighted by Gasteiger charge is -2.04. The number of rotatable bonds is 1. The van der Waals surface area contributed by atoms with Gasteiger partial charge in [0.2, 0.25) is 0 Å². The molecule has 0 aliphatic rings. The van der Waals surface area contributed by atoms with E-state index in [4.69, 9.17) is 0 Å². The summed E-state index contributed by atoms with van der Waals surface area (Å²) in [6.07, 6.45) is 1.72. The van der Waals surface area contributed by atoms with Gasteiger partial charge in [-0.05, 0) is 30.2 Å². The molecule has 19 heavy (non-hydrogen) atoms. The Bertz CT molecular complexity index is 937. The Morgan fingerprint density at radius 1 is 1.16 bits per heavy atom. The first-order valence-corrected chi connectivity index (χ1v) is 5.65. The molecule has 2 N–H and O–H groups in total. The molecule has 0 saturated carbocycles. The van der Waals surface area contributed by atoms with Crippen LogP contribution in [0.25, 0.3) is 28.3 Å². The highest BCUT2D eigenvalue weighted by molar-refractivity contribution is 5.85. The van der Waals surface area contributed by atoms with E-state index in [2.05, 4.69) is 26.5 Å². The van der Waals surface area contributed by atoms with Crippen LogP contribution in [-0.2, 0) is 0 Å². The van der Waals surface area contributed by atoms with E-state index in [1.165, 1.54) is 0 Å². The van der Waals surface area contributed by atoms with Crippen LogP contribution in [0.1, 0.15) is 11.1 Å². The molecule has 94 valence electrons. The van der Waals surface area contributed by atoms with E-state index in [0.29, 0.717) is 11.0 Å². The minimum Gasteiger partial charge on any atom is -0.290 e. The molecule has 0 fully saturated rings. The van der Waals surface area contributed by atoms with Crippen molar-refractivity contribution in [2.75, 3.05) is 0 Å². The van der Waals surface area contributed by atoms with Crippen molar-refractivity contribution in [2.24, 2.45) is 0 Å². The molecule has 0 aliphatic carbocycles. The van der Waals surface area contributed by atoms with Crippen LogP contribution in [0.15, 0.2) is 28.3 Å². The summed E-state index contributed by atoms with van der Waals surface area (Å²) in [5.41, 5.74) is 2.31. The van der Waals surface area contributed by atoms with Gasteiger partial charge >= 0.3 is 5.69 Å². The first-order valence-electron chi connectivity index (χ1n) is 5.65. The fourth-order valence-corrected chi connectivity index (χ4v) is 1.99. The predicted molar refractivity (Wildman–Crippen MR) is 73.1 cm³/mol. The summed E-state index contributed by atoms with van der Waals surface area (Å²) in [4.78, 5) is 36.0. The molecule has 2 aromatic heterocycles. The molecule has 6 heteroatoms. The largest absolute Gasteiger partial charge is 0.327 e. The third-order valence-electron chi connectivity index (χ3n) is 2.95. The van der Waals surface area contributed by atoms with Crippen molar-refractivity contribution in [3.63, 3.8) is 0 Å². The molecule has 0 aliphatic heterocycles. The van der Waals surface area contributed by atoms with Crippen LogP contribution < -0.4 is 11.2 Å². The zero-order valence-electron chi connectivity index (χ0n) is 10.2. The average molecular weight is 254 g/mol. The Balaban J connectivity index is 2.52. The van der Waals surface area contributed by atoms with Crippen LogP contribution in [0.2, 0.25) is 0 Å². The Morgan fingerprint density at radius 2 is 1.89 bits per heavy atom. The molecule has 0 radical (unpaired) electrons. The van der Waals surface area contributed by atoms with Gasteiger partial charge in [0.05, 0.1) is 11.0 Å². The minimum atomic E-state index is -0.595. The van der Waals surface area contributed by atoms with Gasteiger partial charge in [-0.2, -0.15) is 0 Å². The van der Waals surface area contributed by atoms with Gasteiger partial charge in [-0.1, -0.05) is 12.7 Å². The van der Waals surface area contributed by atoms with Crippen LogP contribution in [0.5, 0.6) is 0 Å². The molecule has 0 saturated heterocycles. The second-order valence-electron chi connectivity index (χ2n) is 4.23. The maximum Gasteiger partial charge on any atom is 0.327 e. The number of hydrogen-bond donors (Lipinski definition) is 2. The number of H-pyrrole nitrogens is 2. The van der Waals surface area contributed by atoms with Gasteiger partial charge in [0.15, 0.2) is 11.2 Å². The van der Waals surface area contributed by atoms with Gasteiger partial charge in [0.25, 0.3) is 5.56 Å². The Kier molecular flexibility index (Phi) is 2.31. The second-order valence-corrected chi connectivity index (χ2v) is 4.23. The molecule has 2 heterocycles. The average Bonchev–Trinajstić information content (AvgIpc) is 2.36. The third-order valence-corrected chi connectivity index (χ3v) is 2.95. The SMILES string of the molecule is C=Cc1cc2nc3[nH]c(=O)[nH]c(=O)c3nc2cc1C. The molecule has 6 nitrogen and oxygen atoms in total. The lowest BCUT2D eigenvalue weighted by molar-refractivity contribution is 1.05. The van der Waals surface area contributed by atoms with Gasteiger partial charge in [-0.25, -0.2) is 14.8 Å². The van der Waals surface area contributed by atoms with Crippen molar-refractivity contribution in [2.45, 2.75) is 6.92 Å². The van der Waals surface area contributed by atoms with Gasteiger partial charge < -0.3 is 0 Å². The van der Waals surface area contributed by atoms with E-state index < -0.39 is 11.2 Å². The molecule has 0 spiro atoms. The number of hydrogen-bond acceptors (Lipinski definition) is 4. The van der Waals surface area contributed by atoms with Gasteiger partial charge in [0, 0.05) is 0 Å².